The van der Waals surface area contributed by atoms with Crippen molar-refractivity contribution in [2.45, 2.75) is 19.3 Å². The van der Waals surface area contributed by atoms with Crippen molar-refractivity contribution < 1.29 is 4.92 Å². The average molecular weight is 311 g/mol. The molecule has 1 heterocycles. The number of halogens is 1. The second-order valence-electron chi connectivity index (χ2n) is 4.30. The molecule has 0 fully saturated rings. The molecule has 106 valence electrons. The van der Waals surface area contributed by atoms with Crippen LogP contribution in [-0.4, -0.2) is 11.5 Å². The van der Waals surface area contributed by atoms with E-state index in [4.69, 9.17) is 11.6 Å². The van der Waals surface area contributed by atoms with Crippen LogP contribution >= 0.6 is 22.9 Å². The highest BCUT2D eigenvalue weighted by Crippen LogP contribution is 2.28. The molecular formula is C14H15ClN2O2S. The van der Waals surface area contributed by atoms with Crippen molar-refractivity contribution >= 4 is 34.3 Å². The van der Waals surface area contributed by atoms with E-state index in [0.717, 1.165) is 24.3 Å². The van der Waals surface area contributed by atoms with Crippen LogP contribution in [0, 0.1) is 10.1 Å². The molecule has 0 bridgehead atoms. The lowest BCUT2D eigenvalue weighted by atomic mass is 10.1. The van der Waals surface area contributed by atoms with E-state index in [1.54, 1.807) is 23.5 Å². The molecule has 0 spiro atoms. The van der Waals surface area contributed by atoms with Crippen molar-refractivity contribution in [2.75, 3.05) is 11.4 Å². The van der Waals surface area contributed by atoms with Crippen LogP contribution in [0.5, 0.6) is 0 Å². The summed E-state index contributed by atoms with van der Waals surface area (Å²) in [4.78, 5) is 13.9. The summed E-state index contributed by atoms with van der Waals surface area (Å²) in [5.41, 5.74) is 1.83. The highest BCUT2D eigenvalue weighted by atomic mass is 35.5. The zero-order chi connectivity index (χ0) is 14.5. The second kappa shape index (κ2) is 6.72. The number of nitrogens with zero attached hydrogens (tertiary/aromatic N) is 2. The Hall–Kier alpha value is -1.59. The maximum atomic E-state index is 10.8. The van der Waals surface area contributed by atoms with E-state index in [-0.39, 0.29) is 11.6 Å². The number of hydrogen-bond donors (Lipinski definition) is 0. The van der Waals surface area contributed by atoms with Gasteiger partial charge in [0.25, 0.3) is 5.69 Å². The van der Waals surface area contributed by atoms with Crippen LogP contribution in [0.1, 0.15) is 17.4 Å². The maximum absolute atomic E-state index is 10.8. The van der Waals surface area contributed by atoms with Crippen LogP contribution < -0.4 is 4.90 Å². The number of non-ortho nitro benzene ring substituents is 1. The SMILES string of the molecule is CCN(Cc1cccs1)c1ccc([N+](=O)[O-])cc1CCl. The van der Waals surface area contributed by atoms with E-state index in [2.05, 4.69) is 17.9 Å². The number of hydrogen-bond acceptors (Lipinski definition) is 4. The summed E-state index contributed by atoms with van der Waals surface area (Å²) in [6, 6.07) is 8.97. The lowest BCUT2D eigenvalue weighted by Crippen LogP contribution is -2.22. The van der Waals surface area contributed by atoms with Gasteiger partial charge in [-0.1, -0.05) is 6.07 Å². The number of thiophene rings is 1. The molecule has 2 rings (SSSR count). The Labute approximate surface area is 126 Å². The van der Waals surface area contributed by atoms with E-state index in [1.165, 1.54) is 10.9 Å². The van der Waals surface area contributed by atoms with Gasteiger partial charge in [0.1, 0.15) is 0 Å². The van der Waals surface area contributed by atoms with Crippen LogP contribution in [0.25, 0.3) is 0 Å². The van der Waals surface area contributed by atoms with Crippen molar-refractivity contribution in [3.05, 3.63) is 56.3 Å². The summed E-state index contributed by atoms with van der Waals surface area (Å²) >= 11 is 7.64. The number of rotatable bonds is 6. The van der Waals surface area contributed by atoms with Crippen LogP contribution in [0.4, 0.5) is 11.4 Å². The van der Waals surface area contributed by atoms with E-state index >= 15 is 0 Å². The van der Waals surface area contributed by atoms with E-state index < -0.39 is 4.92 Å². The van der Waals surface area contributed by atoms with Gasteiger partial charge in [0, 0.05) is 35.1 Å². The molecule has 20 heavy (non-hydrogen) atoms. The number of nitro groups is 1. The van der Waals surface area contributed by atoms with Gasteiger partial charge in [-0.3, -0.25) is 10.1 Å². The summed E-state index contributed by atoms with van der Waals surface area (Å²) in [7, 11) is 0. The average Bonchev–Trinajstić information content (AvgIpc) is 2.97. The quantitative estimate of drug-likeness (QED) is 0.451. The Morgan fingerprint density at radius 2 is 2.20 bits per heavy atom. The molecule has 4 nitrogen and oxygen atoms in total. The normalized spacial score (nSPS) is 10.5. The fraction of sp³-hybridized carbons (Fsp3) is 0.286. The van der Waals surface area contributed by atoms with Crippen molar-refractivity contribution in [2.24, 2.45) is 0 Å². The number of nitro benzene ring substituents is 1. The van der Waals surface area contributed by atoms with Crippen LogP contribution in [0.3, 0.4) is 0 Å². The third-order valence-corrected chi connectivity index (χ3v) is 4.22. The molecule has 0 aliphatic rings. The molecule has 0 saturated carbocycles. The molecule has 6 heteroatoms. The molecule has 0 N–H and O–H groups in total. The van der Waals surface area contributed by atoms with Gasteiger partial charge in [-0.25, -0.2) is 0 Å². The molecule has 0 saturated heterocycles. The van der Waals surface area contributed by atoms with Crippen molar-refractivity contribution in [1.29, 1.82) is 0 Å². The van der Waals surface area contributed by atoms with Gasteiger partial charge in [0.15, 0.2) is 0 Å². The van der Waals surface area contributed by atoms with E-state index in [9.17, 15) is 10.1 Å². The molecule has 2 aromatic rings. The van der Waals surface area contributed by atoms with Gasteiger partial charge in [0.2, 0.25) is 0 Å². The minimum atomic E-state index is -0.393. The Morgan fingerprint density at radius 1 is 1.40 bits per heavy atom. The lowest BCUT2D eigenvalue weighted by Gasteiger charge is -2.24. The van der Waals surface area contributed by atoms with Crippen molar-refractivity contribution in [3.63, 3.8) is 0 Å². The largest absolute Gasteiger partial charge is 0.366 e. The first-order valence-corrected chi connectivity index (χ1v) is 7.67. The third-order valence-electron chi connectivity index (χ3n) is 3.07. The molecular weight excluding hydrogens is 296 g/mol. The van der Waals surface area contributed by atoms with Crippen molar-refractivity contribution in [3.8, 4) is 0 Å². The zero-order valence-corrected chi connectivity index (χ0v) is 12.7. The predicted molar refractivity (Wildman–Crippen MR) is 83.7 cm³/mol. The number of alkyl halides is 1. The van der Waals surface area contributed by atoms with Gasteiger partial charge in [-0.05, 0) is 30.0 Å². The second-order valence-corrected chi connectivity index (χ2v) is 5.60. The Kier molecular flexibility index (Phi) is 4.98. The smallest absolute Gasteiger partial charge is 0.269 e. The fourth-order valence-corrected chi connectivity index (χ4v) is 2.99. The van der Waals surface area contributed by atoms with Crippen molar-refractivity contribution in [1.82, 2.24) is 0 Å². The van der Waals surface area contributed by atoms with E-state index in [0.29, 0.717) is 0 Å². The summed E-state index contributed by atoms with van der Waals surface area (Å²) in [6.07, 6.45) is 0. The maximum Gasteiger partial charge on any atom is 0.269 e. The van der Waals surface area contributed by atoms with Gasteiger partial charge < -0.3 is 4.90 Å². The third kappa shape index (κ3) is 3.29. The van der Waals surface area contributed by atoms with Gasteiger partial charge >= 0.3 is 0 Å². The first-order valence-electron chi connectivity index (χ1n) is 6.26. The Morgan fingerprint density at radius 3 is 2.75 bits per heavy atom. The minimum Gasteiger partial charge on any atom is -0.366 e. The highest BCUT2D eigenvalue weighted by Gasteiger charge is 2.15. The highest BCUT2D eigenvalue weighted by molar-refractivity contribution is 7.09. The minimum absolute atomic E-state index is 0.0802. The van der Waals surface area contributed by atoms with Gasteiger partial charge in [-0.15, -0.1) is 22.9 Å². The Balaban J connectivity index is 2.31. The molecule has 0 aliphatic carbocycles. The first kappa shape index (κ1) is 14.8. The van der Waals surface area contributed by atoms with Crippen LogP contribution in [0.2, 0.25) is 0 Å². The van der Waals surface area contributed by atoms with Gasteiger partial charge in [0.05, 0.1) is 11.5 Å². The summed E-state index contributed by atoms with van der Waals surface area (Å²) in [5.74, 6) is 0.262. The number of benzene rings is 1. The Bertz CT molecular complexity index is 587. The predicted octanol–water partition coefficient (Wildman–Crippen LogP) is 4.42. The topological polar surface area (TPSA) is 46.4 Å². The molecule has 1 aromatic heterocycles. The molecule has 0 radical (unpaired) electrons. The summed E-state index contributed by atoms with van der Waals surface area (Å²) in [6.45, 7) is 3.67. The standard InChI is InChI=1S/C14H15ClN2O2S/c1-2-16(10-13-4-3-7-20-13)14-6-5-12(17(18)19)8-11(14)9-15/h3-8H,2,9-10H2,1H3. The summed E-state index contributed by atoms with van der Waals surface area (Å²) < 4.78 is 0. The van der Waals surface area contributed by atoms with Gasteiger partial charge in [-0.2, -0.15) is 0 Å². The monoisotopic (exact) mass is 310 g/mol. The lowest BCUT2D eigenvalue weighted by molar-refractivity contribution is -0.384. The van der Waals surface area contributed by atoms with Crippen LogP contribution in [0.15, 0.2) is 35.7 Å². The zero-order valence-electron chi connectivity index (χ0n) is 11.1. The van der Waals surface area contributed by atoms with E-state index in [1.807, 2.05) is 11.4 Å². The molecule has 0 amide bonds. The fourth-order valence-electron chi connectivity index (χ4n) is 2.06. The molecule has 0 aliphatic heterocycles. The number of anilines is 1. The summed E-state index contributed by atoms with van der Waals surface area (Å²) in [5, 5.41) is 12.9. The first-order chi connectivity index (χ1) is 9.65. The van der Waals surface area contributed by atoms with Crippen LogP contribution in [-0.2, 0) is 12.4 Å². The molecule has 0 atom stereocenters. The molecule has 0 unspecified atom stereocenters. The molecule has 1 aromatic carbocycles.